The van der Waals surface area contributed by atoms with Gasteiger partial charge < -0.3 is 14.4 Å². The Morgan fingerprint density at radius 3 is 2.64 bits per heavy atom. The number of aromatic nitrogens is 2. The molecule has 6 heteroatoms. The lowest BCUT2D eigenvalue weighted by Gasteiger charge is -2.25. The second kappa shape index (κ2) is 7.36. The van der Waals surface area contributed by atoms with Crippen LogP contribution in [0.3, 0.4) is 0 Å². The molecule has 0 aliphatic rings. The number of aryl methyl sites for hydroxylation is 1. The predicted octanol–water partition coefficient (Wildman–Crippen LogP) is 2.71. The van der Waals surface area contributed by atoms with E-state index >= 15 is 0 Å². The zero-order chi connectivity index (χ0) is 17.8. The molecule has 130 valence electrons. The Morgan fingerprint density at radius 1 is 1.24 bits per heavy atom. The zero-order valence-electron chi connectivity index (χ0n) is 14.6. The first-order valence-corrected chi connectivity index (χ1v) is 8.14. The van der Waals surface area contributed by atoms with Crippen molar-refractivity contribution in [3.63, 3.8) is 0 Å². The molecule has 2 heterocycles. The van der Waals surface area contributed by atoms with E-state index in [0.717, 1.165) is 11.3 Å². The molecule has 0 fully saturated rings. The van der Waals surface area contributed by atoms with Crippen LogP contribution >= 0.6 is 0 Å². The smallest absolute Gasteiger partial charge is 0.273 e. The highest BCUT2D eigenvalue weighted by atomic mass is 16.5. The van der Waals surface area contributed by atoms with Gasteiger partial charge in [0.1, 0.15) is 0 Å². The van der Waals surface area contributed by atoms with Crippen LogP contribution in [-0.4, -0.2) is 41.2 Å². The van der Waals surface area contributed by atoms with Gasteiger partial charge in [-0.3, -0.25) is 9.69 Å². The van der Waals surface area contributed by atoms with E-state index in [1.54, 1.807) is 6.07 Å². The van der Waals surface area contributed by atoms with Gasteiger partial charge >= 0.3 is 0 Å². The molecule has 3 rings (SSSR count). The number of nitrogens with zero attached hydrogens (tertiary/aromatic N) is 3. The third-order valence-electron chi connectivity index (χ3n) is 4.21. The van der Waals surface area contributed by atoms with Crippen LogP contribution in [0.2, 0.25) is 0 Å². The quantitative estimate of drug-likeness (QED) is 0.751. The number of likely N-dealkylation sites (N-methyl/N-ethyl adjacent to an activating group) is 1. The Hall–Kier alpha value is -2.86. The van der Waals surface area contributed by atoms with Crippen LogP contribution in [0.1, 0.15) is 22.2 Å². The molecule has 0 bridgehead atoms. The number of rotatable bonds is 6. The van der Waals surface area contributed by atoms with Crippen molar-refractivity contribution in [3.05, 3.63) is 66.1 Å². The summed E-state index contributed by atoms with van der Waals surface area (Å²) < 4.78 is 7.35. The summed E-state index contributed by atoms with van der Waals surface area (Å²) in [6.07, 6.45) is 2.00. The van der Waals surface area contributed by atoms with E-state index in [2.05, 4.69) is 26.0 Å². The fourth-order valence-corrected chi connectivity index (χ4v) is 2.77. The van der Waals surface area contributed by atoms with E-state index < -0.39 is 0 Å². The molecule has 2 aromatic heterocycles. The van der Waals surface area contributed by atoms with E-state index in [0.29, 0.717) is 12.3 Å². The topological polar surface area (TPSA) is 63.3 Å². The van der Waals surface area contributed by atoms with Crippen LogP contribution in [0.4, 0.5) is 0 Å². The third kappa shape index (κ3) is 3.80. The lowest BCUT2D eigenvalue weighted by Crippen LogP contribution is -2.35. The fraction of sp³-hybridized carbons (Fsp3) is 0.263. The van der Waals surface area contributed by atoms with Gasteiger partial charge in [0.25, 0.3) is 5.91 Å². The van der Waals surface area contributed by atoms with E-state index in [1.165, 1.54) is 0 Å². The highest BCUT2D eigenvalue weighted by Gasteiger charge is 2.19. The predicted molar refractivity (Wildman–Crippen MR) is 96.1 cm³/mol. The molecular formula is C19H22N4O2. The standard InChI is InChI=1S/C19H22N4O2/c1-22(2)17(16-10-7-11-23(16)3)13-20-19(24)15-12-18(25-21-15)14-8-5-4-6-9-14/h4-12,17H,13H2,1-3H3,(H,20,24)/t17-/m1/s1. The van der Waals surface area contributed by atoms with E-state index in [9.17, 15) is 4.79 Å². The van der Waals surface area contributed by atoms with E-state index in [1.807, 2.05) is 63.7 Å². The summed E-state index contributed by atoms with van der Waals surface area (Å²) in [7, 11) is 5.98. The van der Waals surface area contributed by atoms with Crippen molar-refractivity contribution in [1.29, 1.82) is 0 Å². The Balaban J connectivity index is 1.68. The summed E-state index contributed by atoms with van der Waals surface area (Å²) in [6.45, 7) is 0.483. The normalized spacial score (nSPS) is 12.3. The maximum absolute atomic E-state index is 12.4. The highest BCUT2D eigenvalue weighted by molar-refractivity contribution is 5.93. The SMILES string of the molecule is CN(C)[C@H](CNC(=O)c1cc(-c2ccccc2)on1)c1cccn1C. The first kappa shape index (κ1) is 17.0. The Labute approximate surface area is 147 Å². The first-order valence-electron chi connectivity index (χ1n) is 8.14. The Bertz CT molecular complexity index is 836. The van der Waals surface area contributed by atoms with Gasteiger partial charge in [-0.1, -0.05) is 35.5 Å². The summed E-state index contributed by atoms with van der Waals surface area (Å²) in [5.41, 5.74) is 2.31. The van der Waals surface area contributed by atoms with Gasteiger partial charge in [-0.15, -0.1) is 0 Å². The average molecular weight is 338 g/mol. The van der Waals surface area contributed by atoms with Gasteiger partial charge in [-0.2, -0.15) is 0 Å². The van der Waals surface area contributed by atoms with Crippen molar-refractivity contribution in [3.8, 4) is 11.3 Å². The lowest BCUT2D eigenvalue weighted by atomic mass is 10.1. The van der Waals surface area contributed by atoms with Crippen LogP contribution in [0, 0.1) is 0 Å². The number of amides is 1. The molecule has 6 nitrogen and oxygen atoms in total. The van der Waals surface area contributed by atoms with Gasteiger partial charge in [0.05, 0.1) is 6.04 Å². The Morgan fingerprint density at radius 2 is 2.00 bits per heavy atom. The molecule has 25 heavy (non-hydrogen) atoms. The Kier molecular flexibility index (Phi) is 5.00. The summed E-state index contributed by atoms with van der Waals surface area (Å²) in [5, 5.41) is 6.83. The molecule has 0 aliphatic carbocycles. The maximum Gasteiger partial charge on any atom is 0.273 e. The fourth-order valence-electron chi connectivity index (χ4n) is 2.77. The molecule has 0 saturated carbocycles. The van der Waals surface area contributed by atoms with Gasteiger partial charge in [-0.05, 0) is 26.2 Å². The molecule has 0 aliphatic heterocycles. The number of hydrogen-bond donors (Lipinski definition) is 1. The number of carbonyl (C=O) groups is 1. The maximum atomic E-state index is 12.4. The molecule has 1 N–H and O–H groups in total. The zero-order valence-corrected chi connectivity index (χ0v) is 14.6. The van der Waals surface area contributed by atoms with Crippen LogP contribution < -0.4 is 5.32 Å². The van der Waals surface area contributed by atoms with Crippen molar-refractivity contribution in [1.82, 2.24) is 19.9 Å². The van der Waals surface area contributed by atoms with Crippen molar-refractivity contribution < 1.29 is 9.32 Å². The molecular weight excluding hydrogens is 316 g/mol. The highest BCUT2D eigenvalue weighted by Crippen LogP contribution is 2.20. The summed E-state index contributed by atoms with van der Waals surface area (Å²) in [4.78, 5) is 14.5. The molecule has 1 amide bonds. The minimum atomic E-state index is -0.244. The van der Waals surface area contributed by atoms with Crippen LogP contribution in [0.25, 0.3) is 11.3 Å². The molecule has 1 aromatic carbocycles. The van der Waals surface area contributed by atoms with Crippen molar-refractivity contribution in [2.24, 2.45) is 7.05 Å². The second-order valence-electron chi connectivity index (χ2n) is 6.18. The van der Waals surface area contributed by atoms with Crippen LogP contribution in [0.5, 0.6) is 0 Å². The van der Waals surface area contributed by atoms with Gasteiger partial charge in [0.2, 0.25) is 0 Å². The summed E-state index contributed by atoms with van der Waals surface area (Å²) in [6, 6.07) is 15.4. The average Bonchev–Trinajstić information content (AvgIpc) is 3.25. The molecule has 0 saturated heterocycles. The summed E-state index contributed by atoms with van der Waals surface area (Å²) >= 11 is 0. The second-order valence-corrected chi connectivity index (χ2v) is 6.18. The largest absolute Gasteiger partial charge is 0.355 e. The van der Waals surface area contributed by atoms with Crippen LogP contribution in [-0.2, 0) is 7.05 Å². The third-order valence-corrected chi connectivity index (χ3v) is 4.21. The van der Waals surface area contributed by atoms with Gasteiger partial charge in [0, 0.05) is 37.1 Å². The molecule has 0 radical (unpaired) electrons. The minimum Gasteiger partial charge on any atom is -0.355 e. The number of carbonyl (C=O) groups excluding carboxylic acids is 1. The summed E-state index contributed by atoms with van der Waals surface area (Å²) in [5.74, 6) is 0.337. The number of nitrogens with one attached hydrogen (secondary N) is 1. The monoisotopic (exact) mass is 338 g/mol. The van der Waals surface area contributed by atoms with E-state index in [4.69, 9.17) is 4.52 Å². The number of benzene rings is 1. The molecule has 1 atom stereocenters. The minimum absolute atomic E-state index is 0.0736. The van der Waals surface area contributed by atoms with Crippen molar-refractivity contribution in [2.75, 3.05) is 20.6 Å². The van der Waals surface area contributed by atoms with Crippen LogP contribution in [0.15, 0.2) is 59.3 Å². The van der Waals surface area contributed by atoms with E-state index in [-0.39, 0.29) is 17.6 Å². The van der Waals surface area contributed by atoms with Gasteiger partial charge in [-0.25, -0.2) is 0 Å². The first-order chi connectivity index (χ1) is 12.1. The number of hydrogen-bond acceptors (Lipinski definition) is 4. The molecule has 0 spiro atoms. The van der Waals surface area contributed by atoms with Crippen molar-refractivity contribution in [2.45, 2.75) is 6.04 Å². The van der Waals surface area contributed by atoms with Gasteiger partial charge in [0.15, 0.2) is 11.5 Å². The molecule has 0 unspecified atom stereocenters. The lowest BCUT2D eigenvalue weighted by molar-refractivity contribution is 0.0932. The van der Waals surface area contributed by atoms with Crippen molar-refractivity contribution >= 4 is 5.91 Å². The molecule has 3 aromatic rings.